The number of nitrogens with one attached hydrogen (secondary N) is 2. The molecule has 3 rings (SSSR count). The average molecular weight is 371 g/mol. The van der Waals surface area contributed by atoms with Gasteiger partial charge in [-0.3, -0.25) is 14.5 Å². The maximum absolute atomic E-state index is 13.0. The zero-order chi connectivity index (χ0) is 19.4. The van der Waals surface area contributed by atoms with Gasteiger partial charge in [0, 0.05) is 0 Å². The van der Waals surface area contributed by atoms with Crippen molar-refractivity contribution in [3.8, 4) is 0 Å². The quantitative estimate of drug-likeness (QED) is 0.754. The van der Waals surface area contributed by atoms with E-state index in [0.717, 1.165) is 42.6 Å². The third-order valence-corrected chi connectivity index (χ3v) is 5.92. The van der Waals surface area contributed by atoms with Gasteiger partial charge in [0.1, 0.15) is 12.1 Å². The Kier molecular flexibility index (Phi) is 5.82. The van der Waals surface area contributed by atoms with Crippen LogP contribution in [-0.4, -0.2) is 34.8 Å². The molecule has 1 saturated heterocycles. The highest BCUT2D eigenvalue weighted by atomic mass is 16.2. The van der Waals surface area contributed by atoms with Crippen LogP contribution in [-0.2, 0) is 9.59 Å². The predicted octanol–water partition coefficient (Wildman–Crippen LogP) is 3.14. The second kappa shape index (κ2) is 8.11. The summed E-state index contributed by atoms with van der Waals surface area (Å²) >= 11 is 0. The summed E-state index contributed by atoms with van der Waals surface area (Å²) in [6.45, 7) is 3.84. The number of urea groups is 1. The van der Waals surface area contributed by atoms with Crippen LogP contribution in [0.1, 0.15) is 64.0 Å². The van der Waals surface area contributed by atoms with Crippen molar-refractivity contribution in [2.45, 2.75) is 64.0 Å². The summed E-state index contributed by atoms with van der Waals surface area (Å²) in [7, 11) is 0. The summed E-state index contributed by atoms with van der Waals surface area (Å²) in [5.74, 6) is -0.462. The van der Waals surface area contributed by atoms with Crippen molar-refractivity contribution in [3.63, 3.8) is 0 Å². The van der Waals surface area contributed by atoms with Crippen LogP contribution < -0.4 is 10.6 Å². The van der Waals surface area contributed by atoms with Crippen molar-refractivity contribution < 1.29 is 14.4 Å². The number of amides is 4. The number of rotatable bonds is 6. The number of carbonyl (C=O) groups excluding carboxylic acids is 3. The smallest absolute Gasteiger partial charge is 0.325 e. The minimum Gasteiger partial charge on any atom is -0.348 e. The van der Waals surface area contributed by atoms with Crippen molar-refractivity contribution in [1.29, 1.82) is 0 Å². The summed E-state index contributed by atoms with van der Waals surface area (Å²) in [4.78, 5) is 39.1. The molecule has 1 aromatic carbocycles. The van der Waals surface area contributed by atoms with Crippen LogP contribution >= 0.6 is 0 Å². The van der Waals surface area contributed by atoms with Gasteiger partial charge < -0.3 is 10.6 Å². The first-order chi connectivity index (χ1) is 13.0. The highest BCUT2D eigenvalue weighted by Crippen LogP contribution is 2.38. The van der Waals surface area contributed by atoms with E-state index in [1.807, 2.05) is 37.3 Å². The molecule has 6 nitrogen and oxygen atoms in total. The molecule has 2 fully saturated rings. The predicted molar refractivity (Wildman–Crippen MR) is 103 cm³/mol. The highest BCUT2D eigenvalue weighted by molar-refractivity contribution is 6.09. The fourth-order valence-electron chi connectivity index (χ4n) is 4.32. The van der Waals surface area contributed by atoms with Crippen LogP contribution in [0.4, 0.5) is 4.79 Å². The van der Waals surface area contributed by atoms with E-state index in [1.54, 1.807) is 0 Å². The molecule has 1 aliphatic heterocycles. The molecule has 6 heteroatoms. The molecule has 2 N–H and O–H groups in total. The van der Waals surface area contributed by atoms with E-state index in [9.17, 15) is 14.4 Å². The third-order valence-electron chi connectivity index (χ3n) is 5.92. The van der Waals surface area contributed by atoms with Crippen molar-refractivity contribution >= 4 is 17.8 Å². The summed E-state index contributed by atoms with van der Waals surface area (Å²) in [6, 6.07) is 9.21. The first-order valence-electron chi connectivity index (χ1n) is 9.96. The maximum atomic E-state index is 13.0. The number of hydrogen-bond donors (Lipinski definition) is 2. The Morgan fingerprint density at radius 2 is 2.04 bits per heavy atom. The van der Waals surface area contributed by atoms with Gasteiger partial charge in [0.2, 0.25) is 5.91 Å². The summed E-state index contributed by atoms with van der Waals surface area (Å²) in [5.41, 5.74) is 0.208. The number of imide groups is 1. The molecule has 146 valence electrons. The van der Waals surface area contributed by atoms with Gasteiger partial charge in [-0.25, -0.2) is 4.79 Å². The number of nitrogens with zero attached hydrogens (tertiary/aromatic N) is 1. The van der Waals surface area contributed by atoms with Crippen LogP contribution in [0.2, 0.25) is 0 Å². The second-order valence-corrected chi connectivity index (χ2v) is 7.76. The van der Waals surface area contributed by atoms with E-state index in [-0.39, 0.29) is 30.3 Å². The van der Waals surface area contributed by atoms with Crippen LogP contribution in [0.5, 0.6) is 0 Å². The average Bonchev–Trinajstić information content (AvgIpc) is 2.89. The molecular weight excluding hydrogens is 342 g/mol. The molecule has 27 heavy (non-hydrogen) atoms. The monoisotopic (exact) mass is 371 g/mol. The lowest BCUT2D eigenvalue weighted by atomic mass is 9.73. The molecule has 0 radical (unpaired) electrons. The minimum absolute atomic E-state index is 0.0907. The van der Waals surface area contributed by atoms with Crippen LogP contribution in [0.3, 0.4) is 0 Å². The molecule has 1 saturated carbocycles. The number of benzene rings is 1. The van der Waals surface area contributed by atoms with Crippen LogP contribution in [0.15, 0.2) is 30.3 Å². The lowest BCUT2D eigenvalue weighted by Crippen LogP contribution is -2.54. The Bertz CT molecular complexity index is 706. The molecule has 1 heterocycles. The Hall–Kier alpha value is -2.37. The minimum atomic E-state index is -0.822. The van der Waals surface area contributed by atoms with Gasteiger partial charge in [-0.15, -0.1) is 0 Å². The summed E-state index contributed by atoms with van der Waals surface area (Å²) in [5, 5.41) is 5.88. The Morgan fingerprint density at radius 3 is 2.70 bits per heavy atom. The van der Waals surface area contributed by atoms with Crippen LogP contribution in [0.25, 0.3) is 0 Å². The Labute approximate surface area is 160 Å². The largest absolute Gasteiger partial charge is 0.348 e. The van der Waals surface area contributed by atoms with Crippen molar-refractivity contribution in [1.82, 2.24) is 15.5 Å². The molecule has 1 spiro atoms. The van der Waals surface area contributed by atoms with E-state index in [4.69, 9.17) is 0 Å². The van der Waals surface area contributed by atoms with Crippen molar-refractivity contribution in [3.05, 3.63) is 35.9 Å². The van der Waals surface area contributed by atoms with Crippen molar-refractivity contribution in [2.24, 2.45) is 5.92 Å². The Morgan fingerprint density at radius 1 is 1.30 bits per heavy atom. The van der Waals surface area contributed by atoms with Gasteiger partial charge in [-0.05, 0) is 30.7 Å². The van der Waals surface area contributed by atoms with Crippen LogP contribution in [0, 0.1) is 5.92 Å². The zero-order valence-corrected chi connectivity index (χ0v) is 16.2. The van der Waals surface area contributed by atoms with Gasteiger partial charge in [-0.2, -0.15) is 0 Å². The molecule has 0 bridgehead atoms. The standard InChI is InChI=1S/C21H29N3O3/c1-3-9-17(16-11-5-4-6-12-16)22-18(25)14-24-19(26)21(23-20(24)27)13-8-7-10-15(21)2/h4-6,11-12,15,17H,3,7-10,13-14H2,1-2H3,(H,22,25)(H,23,27). The number of hydrogen-bond acceptors (Lipinski definition) is 3. The summed E-state index contributed by atoms with van der Waals surface area (Å²) < 4.78 is 0. The van der Waals surface area contributed by atoms with E-state index in [1.165, 1.54) is 0 Å². The van der Waals surface area contributed by atoms with E-state index in [2.05, 4.69) is 17.6 Å². The number of carbonyl (C=O) groups is 3. The fraction of sp³-hybridized carbons (Fsp3) is 0.571. The molecule has 1 aliphatic carbocycles. The summed E-state index contributed by atoms with van der Waals surface area (Å²) in [6.07, 6.45) is 5.28. The molecule has 3 unspecified atom stereocenters. The van der Waals surface area contributed by atoms with Gasteiger partial charge in [0.25, 0.3) is 5.91 Å². The highest BCUT2D eigenvalue weighted by Gasteiger charge is 2.55. The maximum Gasteiger partial charge on any atom is 0.325 e. The van der Waals surface area contributed by atoms with E-state index >= 15 is 0 Å². The molecule has 4 amide bonds. The van der Waals surface area contributed by atoms with Gasteiger partial charge in [0.15, 0.2) is 0 Å². The van der Waals surface area contributed by atoms with Gasteiger partial charge in [0.05, 0.1) is 6.04 Å². The molecule has 2 aliphatic rings. The van der Waals surface area contributed by atoms with Crippen molar-refractivity contribution in [2.75, 3.05) is 6.54 Å². The van der Waals surface area contributed by atoms with E-state index in [0.29, 0.717) is 6.42 Å². The topological polar surface area (TPSA) is 78.5 Å². The Balaban J connectivity index is 1.68. The molecule has 3 atom stereocenters. The first kappa shape index (κ1) is 19.4. The SMILES string of the molecule is CCCC(NC(=O)CN1C(=O)NC2(CCCCC2C)C1=O)c1ccccc1. The third kappa shape index (κ3) is 3.84. The lowest BCUT2D eigenvalue weighted by molar-refractivity contribution is -0.137. The second-order valence-electron chi connectivity index (χ2n) is 7.76. The molecule has 0 aromatic heterocycles. The lowest BCUT2D eigenvalue weighted by Gasteiger charge is -2.36. The normalized spacial score (nSPS) is 26.1. The molecular formula is C21H29N3O3. The molecule has 1 aromatic rings. The fourth-order valence-corrected chi connectivity index (χ4v) is 4.32. The van der Waals surface area contributed by atoms with Gasteiger partial charge in [-0.1, -0.05) is 63.4 Å². The van der Waals surface area contributed by atoms with E-state index < -0.39 is 11.6 Å². The van der Waals surface area contributed by atoms with Gasteiger partial charge >= 0.3 is 6.03 Å². The first-order valence-corrected chi connectivity index (χ1v) is 9.96. The zero-order valence-electron chi connectivity index (χ0n) is 16.2.